The van der Waals surface area contributed by atoms with E-state index >= 15 is 0 Å². The van der Waals surface area contributed by atoms with Crippen molar-refractivity contribution in [2.75, 3.05) is 27.2 Å². The predicted octanol–water partition coefficient (Wildman–Crippen LogP) is 0.541. The summed E-state index contributed by atoms with van der Waals surface area (Å²) in [5, 5.41) is 11.7. The number of carbonyl (C=O) groups excluding carboxylic acids is 1. The molecule has 1 aromatic heterocycles. The summed E-state index contributed by atoms with van der Waals surface area (Å²) in [6, 6.07) is 0.391. The highest BCUT2D eigenvalue weighted by atomic mass is 16.5. The van der Waals surface area contributed by atoms with Crippen LogP contribution in [-0.2, 0) is 22.6 Å². The average molecular weight is 324 g/mol. The van der Waals surface area contributed by atoms with Crippen molar-refractivity contribution in [3.8, 4) is 0 Å². The number of carbonyl (C=O) groups is 1. The highest BCUT2D eigenvalue weighted by Gasteiger charge is 2.20. The molecular weight excluding hydrogens is 296 g/mol. The van der Waals surface area contributed by atoms with Crippen LogP contribution in [0.5, 0.6) is 0 Å². The molecule has 130 valence electrons. The lowest BCUT2D eigenvalue weighted by atomic mass is 10.1. The van der Waals surface area contributed by atoms with E-state index in [2.05, 4.69) is 34.3 Å². The van der Waals surface area contributed by atoms with Crippen LogP contribution in [-0.4, -0.2) is 75.3 Å². The molecule has 1 aliphatic rings. The lowest BCUT2D eigenvalue weighted by Gasteiger charge is -2.27. The Morgan fingerprint density at radius 1 is 1.39 bits per heavy atom. The molecule has 0 radical (unpaired) electrons. The molecule has 1 amide bonds. The Bertz CT molecular complexity index is 498. The van der Waals surface area contributed by atoms with Crippen LogP contribution < -0.4 is 0 Å². The number of rotatable bonds is 7. The Morgan fingerprint density at radius 2 is 2.17 bits per heavy atom. The second-order valence-electron chi connectivity index (χ2n) is 6.52. The van der Waals surface area contributed by atoms with E-state index < -0.39 is 0 Å². The van der Waals surface area contributed by atoms with Crippen molar-refractivity contribution in [3.05, 3.63) is 5.82 Å². The maximum atomic E-state index is 12.4. The molecular formula is C15H28N6O2. The fraction of sp³-hybridized carbons (Fsp3) is 0.867. The Morgan fingerprint density at radius 3 is 2.83 bits per heavy atom. The monoisotopic (exact) mass is 324 g/mol. The second-order valence-corrected chi connectivity index (χ2v) is 6.52. The first-order valence-electron chi connectivity index (χ1n) is 8.28. The first kappa shape index (κ1) is 17.8. The number of likely N-dealkylation sites (N-methyl/N-ethyl adjacent to an activating group) is 1. The molecule has 8 nitrogen and oxygen atoms in total. The van der Waals surface area contributed by atoms with E-state index in [4.69, 9.17) is 4.74 Å². The number of ether oxygens (including phenoxy) is 1. The van der Waals surface area contributed by atoms with Crippen molar-refractivity contribution < 1.29 is 9.53 Å². The molecule has 0 bridgehead atoms. The SMILES string of the molecule is CC(C)N(C)Cc1nnnn1CC(=O)N(C)CC1CCCCO1. The average Bonchev–Trinajstić information content (AvgIpc) is 2.95. The molecule has 1 fully saturated rings. The molecule has 1 aliphatic heterocycles. The van der Waals surface area contributed by atoms with Gasteiger partial charge in [-0.15, -0.1) is 5.10 Å². The lowest BCUT2D eigenvalue weighted by molar-refractivity contribution is -0.133. The quantitative estimate of drug-likeness (QED) is 0.729. The van der Waals surface area contributed by atoms with Gasteiger partial charge in [-0.05, 0) is 50.6 Å². The van der Waals surface area contributed by atoms with Crippen LogP contribution in [0.3, 0.4) is 0 Å². The van der Waals surface area contributed by atoms with Crippen LogP contribution in [0.4, 0.5) is 0 Å². The van der Waals surface area contributed by atoms with Gasteiger partial charge >= 0.3 is 0 Å². The Kier molecular flexibility index (Phi) is 6.47. The standard InChI is InChI=1S/C15H28N6O2/c1-12(2)19(3)10-14-16-17-18-21(14)11-15(22)20(4)9-13-7-5-6-8-23-13/h12-13H,5-11H2,1-4H3. The van der Waals surface area contributed by atoms with Crippen LogP contribution in [0.1, 0.15) is 38.9 Å². The van der Waals surface area contributed by atoms with Gasteiger partial charge in [0.25, 0.3) is 0 Å². The van der Waals surface area contributed by atoms with E-state index in [9.17, 15) is 4.79 Å². The highest BCUT2D eigenvalue weighted by molar-refractivity contribution is 5.75. The highest BCUT2D eigenvalue weighted by Crippen LogP contribution is 2.13. The Hall–Kier alpha value is -1.54. The summed E-state index contributed by atoms with van der Waals surface area (Å²) in [6.45, 7) is 6.42. The molecule has 0 N–H and O–H groups in total. The van der Waals surface area contributed by atoms with Gasteiger partial charge in [0, 0.05) is 26.2 Å². The van der Waals surface area contributed by atoms with E-state index in [0.717, 1.165) is 19.4 Å². The van der Waals surface area contributed by atoms with Gasteiger partial charge in [-0.2, -0.15) is 0 Å². The van der Waals surface area contributed by atoms with Crippen LogP contribution in [0.15, 0.2) is 0 Å². The van der Waals surface area contributed by atoms with Crippen molar-refractivity contribution >= 4 is 5.91 Å². The molecule has 2 rings (SSSR count). The summed E-state index contributed by atoms with van der Waals surface area (Å²) in [4.78, 5) is 16.2. The second kappa shape index (κ2) is 8.35. The maximum absolute atomic E-state index is 12.4. The molecule has 0 aromatic carbocycles. The van der Waals surface area contributed by atoms with Crippen molar-refractivity contribution in [1.82, 2.24) is 30.0 Å². The number of tetrazole rings is 1. The summed E-state index contributed by atoms with van der Waals surface area (Å²) in [6.07, 6.45) is 3.46. The normalized spacial score (nSPS) is 18.6. The number of nitrogens with zero attached hydrogens (tertiary/aromatic N) is 6. The summed E-state index contributed by atoms with van der Waals surface area (Å²) in [5.74, 6) is 0.705. The maximum Gasteiger partial charge on any atom is 0.244 e. The van der Waals surface area contributed by atoms with Crippen molar-refractivity contribution in [2.45, 2.75) is 58.3 Å². The number of hydrogen-bond acceptors (Lipinski definition) is 6. The third kappa shape index (κ3) is 5.24. The first-order chi connectivity index (χ1) is 11.0. The van der Waals surface area contributed by atoms with Crippen LogP contribution in [0, 0.1) is 0 Å². The molecule has 0 aliphatic carbocycles. The van der Waals surface area contributed by atoms with Gasteiger partial charge < -0.3 is 9.64 Å². The van der Waals surface area contributed by atoms with Crippen molar-refractivity contribution in [1.29, 1.82) is 0 Å². The smallest absolute Gasteiger partial charge is 0.244 e. The van der Waals surface area contributed by atoms with Gasteiger partial charge in [-0.25, -0.2) is 4.68 Å². The fourth-order valence-electron chi connectivity index (χ4n) is 2.47. The molecule has 1 atom stereocenters. The van der Waals surface area contributed by atoms with Gasteiger partial charge in [-0.1, -0.05) is 0 Å². The largest absolute Gasteiger partial charge is 0.376 e. The summed E-state index contributed by atoms with van der Waals surface area (Å²) >= 11 is 0. The number of amides is 1. The third-order valence-electron chi connectivity index (χ3n) is 4.34. The van der Waals surface area contributed by atoms with E-state index in [1.165, 1.54) is 6.42 Å². The number of aromatic nitrogens is 4. The van der Waals surface area contributed by atoms with Crippen molar-refractivity contribution in [3.63, 3.8) is 0 Å². The van der Waals surface area contributed by atoms with E-state index in [1.54, 1.807) is 9.58 Å². The molecule has 1 saturated heterocycles. The fourth-order valence-corrected chi connectivity index (χ4v) is 2.47. The first-order valence-corrected chi connectivity index (χ1v) is 8.28. The zero-order valence-electron chi connectivity index (χ0n) is 14.6. The van der Waals surface area contributed by atoms with Gasteiger partial charge in [0.2, 0.25) is 5.91 Å². The number of hydrogen-bond donors (Lipinski definition) is 0. The van der Waals surface area contributed by atoms with Crippen LogP contribution >= 0.6 is 0 Å². The molecule has 8 heteroatoms. The van der Waals surface area contributed by atoms with Gasteiger partial charge in [0.05, 0.1) is 12.6 Å². The minimum absolute atomic E-state index is 0.0000709. The molecule has 23 heavy (non-hydrogen) atoms. The molecule has 1 unspecified atom stereocenters. The molecule has 0 saturated carbocycles. The molecule has 0 spiro atoms. The van der Waals surface area contributed by atoms with Gasteiger partial charge in [0.15, 0.2) is 5.82 Å². The zero-order valence-corrected chi connectivity index (χ0v) is 14.6. The topological polar surface area (TPSA) is 76.4 Å². The Labute approximate surface area is 137 Å². The van der Waals surface area contributed by atoms with Crippen molar-refractivity contribution in [2.24, 2.45) is 0 Å². The minimum atomic E-state index is -0.0000709. The van der Waals surface area contributed by atoms with Crippen LogP contribution in [0.25, 0.3) is 0 Å². The van der Waals surface area contributed by atoms with Gasteiger partial charge in [-0.3, -0.25) is 9.69 Å². The van der Waals surface area contributed by atoms with Crippen LogP contribution in [0.2, 0.25) is 0 Å². The summed E-state index contributed by atoms with van der Waals surface area (Å²) in [5.41, 5.74) is 0. The predicted molar refractivity (Wildman–Crippen MR) is 85.6 cm³/mol. The summed E-state index contributed by atoms with van der Waals surface area (Å²) in [7, 11) is 3.82. The van der Waals surface area contributed by atoms with Gasteiger partial charge in [0.1, 0.15) is 6.54 Å². The minimum Gasteiger partial charge on any atom is -0.376 e. The zero-order chi connectivity index (χ0) is 16.8. The Balaban J connectivity index is 1.88. The van der Waals surface area contributed by atoms with E-state index in [0.29, 0.717) is 25.0 Å². The third-order valence-corrected chi connectivity index (χ3v) is 4.34. The lowest BCUT2D eigenvalue weighted by Crippen LogP contribution is -2.39. The van der Waals surface area contributed by atoms with E-state index in [-0.39, 0.29) is 18.6 Å². The van der Waals surface area contributed by atoms with E-state index in [1.807, 2.05) is 14.1 Å². The molecule has 2 heterocycles. The molecule has 1 aromatic rings. The summed E-state index contributed by atoms with van der Waals surface area (Å²) < 4.78 is 7.27.